The third-order valence-corrected chi connectivity index (χ3v) is 2.06. The van der Waals surface area contributed by atoms with Crippen LogP contribution in [-0.4, -0.2) is 29.0 Å². The van der Waals surface area contributed by atoms with Crippen molar-refractivity contribution in [1.29, 1.82) is 0 Å². The molecule has 6 heteroatoms. The SMILES string of the molecule is O=C1C=CC(=O)N1OB(O)c1ccccc1. The second-order valence-corrected chi connectivity index (χ2v) is 3.17. The van der Waals surface area contributed by atoms with Crippen LogP contribution in [0.15, 0.2) is 42.5 Å². The Labute approximate surface area is 92.0 Å². The maximum Gasteiger partial charge on any atom is 0.515 e. The molecule has 0 saturated carbocycles. The molecule has 80 valence electrons. The summed E-state index contributed by atoms with van der Waals surface area (Å²) in [6.07, 6.45) is 2.17. The van der Waals surface area contributed by atoms with Crippen LogP contribution in [0.3, 0.4) is 0 Å². The predicted molar refractivity (Wildman–Crippen MR) is 56.1 cm³/mol. The van der Waals surface area contributed by atoms with Gasteiger partial charge in [-0.3, -0.25) is 14.3 Å². The second-order valence-electron chi connectivity index (χ2n) is 3.17. The van der Waals surface area contributed by atoms with Gasteiger partial charge in [-0.05, 0) is 5.46 Å². The van der Waals surface area contributed by atoms with E-state index in [-0.39, 0.29) is 0 Å². The van der Waals surface area contributed by atoms with E-state index in [0.29, 0.717) is 10.5 Å². The van der Waals surface area contributed by atoms with Crippen LogP contribution in [0.5, 0.6) is 0 Å². The van der Waals surface area contributed by atoms with Crippen molar-refractivity contribution in [3.05, 3.63) is 42.5 Å². The predicted octanol–water partition coefficient (Wildman–Crippen LogP) is -0.769. The van der Waals surface area contributed by atoms with Crippen LogP contribution < -0.4 is 5.46 Å². The Balaban J connectivity index is 2.06. The zero-order valence-corrected chi connectivity index (χ0v) is 8.24. The number of imide groups is 1. The van der Waals surface area contributed by atoms with E-state index in [4.69, 9.17) is 4.76 Å². The number of nitrogens with zero attached hydrogens (tertiary/aromatic N) is 1. The fourth-order valence-corrected chi connectivity index (χ4v) is 1.27. The summed E-state index contributed by atoms with van der Waals surface area (Å²) in [5, 5.41) is 10.1. The number of amides is 2. The Morgan fingerprint density at radius 3 is 2.19 bits per heavy atom. The number of carbonyl (C=O) groups is 2. The zero-order chi connectivity index (χ0) is 11.5. The molecule has 0 spiro atoms. The van der Waals surface area contributed by atoms with Crippen LogP contribution in [0.25, 0.3) is 0 Å². The molecule has 0 radical (unpaired) electrons. The molecule has 2 rings (SSSR count). The maximum atomic E-state index is 11.1. The first-order chi connectivity index (χ1) is 7.68. The van der Waals surface area contributed by atoms with Crippen LogP contribution in [0, 0.1) is 0 Å². The fourth-order valence-electron chi connectivity index (χ4n) is 1.27. The van der Waals surface area contributed by atoms with Gasteiger partial charge in [0.05, 0.1) is 0 Å². The van der Waals surface area contributed by atoms with Gasteiger partial charge in [0, 0.05) is 12.2 Å². The Kier molecular flexibility index (Phi) is 2.85. The first kappa shape index (κ1) is 10.6. The second kappa shape index (κ2) is 4.30. The minimum atomic E-state index is -1.34. The highest BCUT2D eigenvalue weighted by atomic mass is 16.7. The number of hydrogen-bond acceptors (Lipinski definition) is 4. The van der Waals surface area contributed by atoms with Gasteiger partial charge in [-0.2, -0.15) is 5.06 Å². The van der Waals surface area contributed by atoms with E-state index in [1.165, 1.54) is 0 Å². The third-order valence-electron chi connectivity index (χ3n) is 2.06. The van der Waals surface area contributed by atoms with E-state index < -0.39 is 18.9 Å². The van der Waals surface area contributed by atoms with E-state index in [1.54, 1.807) is 30.3 Å². The first-order valence-corrected chi connectivity index (χ1v) is 4.64. The van der Waals surface area contributed by atoms with Crippen molar-refractivity contribution in [2.24, 2.45) is 0 Å². The van der Waals surface area contributed by atoms with Gasteiger partial charge in [-0.15, -0.1) is 0 Å². The molecule has 1 aliphatic rings. The minimum absolute atomic E-state index is 0.468. The van der Waals surface area contributed by atoms with Crippen LogP contribution in [0.1, 0.15) is 0 Å². The van der Waals surface area contributed by atoms with Crippen molar-refractivity contribution in [3.8, 4) is 0 Å². The highest BCUT2D eigenvalue weighted by Crippen LogP contribution is 2.04. The average molecular weight is 217 g/mol. The number of hydroxylamine groups is 2. The summed E-state index contributed by atoms with van der Waals surface area (Å²) in [7, 11) is -1.34. The highest BCUT2D eigenvalue weighted by molar-refractivity contribution is 6.60. The van der Waals surface area contributed by atoms with Crippen molar-refractivity contribution in [2.75, 3.05) is 0 Å². The molecule has 1 aliphatic heterocycles. The average Bonchev–Trinajstić information content (AvgIpc) is 2.62. The maximum absolute atomic E-state index is 11.1. The summed E-state index contributed by atoms with van der Waals surface area (Å²) in [5.74, 6) is -1.19. The molecule has 1 aromatic carbocycles. The Morgan fingerprint density at radius 2 is 1.62 bits per heavy atom. The summed E-state index contributed by atoms with van der Waals surface area (Å²) < 4.78 is 4.85. The molecule has 0 aliphatic carbocycles. The smallest absolute Gasteiger partial charge is 0.422 e. The van der Waals surface area contributed by atoms with E-state index in [9.17, 15) is 14.6 Å². The molecule has 2 amide bonds. The van der Waals surface area contributed by atoms with Crippen LogP contribution in [0.4, 0.5) is 0 Å². The molecule has 0 aromatic heterocycles. The quantitative estimate of drug-likeness (QED) is 0.533. The fraction of sp³-hybridized carbons (Fsp3) is 0. The number of carbonyl (C=O) groups excluding carboxylic acids is 2. The normalized spacial score (nSPS) is 14.7. The minimum Gasteiger partial charge on any atom is -0.422 e. The standard InChI is InChI=1S/C10H8BNO4/c13-9-6-7-10(14)12(9)16-11(15)8-4-2-1-3-5-8/h1-7,15H. The highest BCUT2D eigenvalue weighted by Gasteiger charge is 2.30. The van der Waals surface area contributed by atoms with Gasteiger partial charge < -0.3 is 5.02 Å². The molecule has 1 aromatic rings. The molecule has 0 fully saturated rings. The van der Waals surface area contributed by atoms with Crippen LogP contribution >= 0.6 is 0 Å². The Bertz CT molecular complexity index is 427. The molecule has 0 unspecified atom stereocenters. The van der Waals surface area contributed by atoms with E-state index in [2.05, 4.69) is 0 Å². The number of benzene rings is 1. The summed E-state index contributed by atoms with van der Waals surface area (Å²) in [6, 6.07) is 8.47. The molecular formula is C10H8BNO4. The molecule has 0 saturated heterocycles. The third kappa shape index (κ3) is 2.02. The number of rotatable bonds is 3. The van der Waals surface area contributed by atoms with Gasteiger partial charge in [0.2, 0.25) is 0 Å². The molecule has 0 bridgehead atoms. The number of hydrogen-bond donors (Lipinski definition) is 1. The van der Waals surface area contributed by atoms with Gasteiger partial charge in [0.15, 0.2) is 0 Å². The first-order valence-electron chi connectivity index (χ1n) is 4.64. The lowest BCUT2D eigenvalue weighted by molar-refractivity contribution is -0.165. The monoisotopic (exact) mass is 217 g/mol. The summed E-state index contributed by atoms with van der Waals surface area (Å²) in [6.45, 7) is 0. The Hall–Kier alpha value is -1.92. The lowest BCUT2D eigenvalue weighted by atomic mass is 9.80. The molecular weight excluding hydrogens is 209 g/mol. The van der Waals surface area contributed by atoms with Gasteiger partial charge in [0.25, 0.3) is 11.8 Å². The summed E-state index contributed by atoms with van der Waals surface area (Å²) in [5.41, 5.74) is 0.468. The van der Waals surface area contributed by atoms with Crippen molar-refractivity contribution in [1.82, 2.24) is 5.06 Å². The summed E-state index contributed by atoms with van der Waals surface area (Å²) in [4.78, 5) is 22.3. The van der Waals surface area contributed by atoms with Crippen molar-refractivity contribution in [2.45, 2.75) is 0 Å². The van der Waals surface area contributed by atoms with Gasteiger partial charge in [-0.25, -0.2) is 0 Å². The molecule has 0 atom stereocenters. The van der Waals surface area contributed by atoms with E-state index in [1.807, 2.05) is 0 Å². The topological polar surface area (TPSA) is 66.8 Å². The molecule has 1 heterocycles. The van der Waals surface area contributed by atoms with E-state index >= 15 is 0 Å². The van der Waals surface area contributed by atoms with Crippen molar-refractivity contribution in [3.63, 3.8) is 0 Å². The molecule has 5 nitrogen and oxygen atoms in total. The zero-order valence-electron chi connectivity index (χ0n) is 8.24. The van der Waals surface area contributed by atoms with Crippen LogP contribution in [0.2, 0.25) is 0 Å². The molecule has 1 N–H and O–H groups in total. The van der Waals surface area contributed by atoms with Crippen LogP contribution in [-0.2, 0) is 14.3 Å². The van der Waals surface area contributed by atoms with Gasteiger partial charge in [-0.1, -0.05) is 30.3 Å². The largest absolute Gasteiger partial charge is 0.515 e. The van der Waals surface area contributed by atoms with Crippen molar-refractivity contribution >= 4 is 24.4 Å². The Morgan fingerprint density at radius 1 is 1.06 bits per heavy atom. The lowest BCUT2D eigenvalue weighted by Crippen LogP contribution is -2.43. The van der Waals surface area contributed by atoms with Crippen molar-refractivity contribution < 1.29 is 19.4 Å². The van der Waals surface area contributed by atoms with E-state index in [0.717, 1.165) is 12.2 Å². The van der Waals surface area contributed by atoms with Gasteiger partial charge >= 0.3 is 7.12 Å². The van der Waals surface area contributed by atoms with Gasteiger partial charge in [0.1, 0.15) is 0 Å². The molecule has 16 heavy (non-hydrogen) atoms. The lowest BCUT2D eigenvalue weighted by Gasteiger charge is -2.15. The summed E-state index contributed by atoms with van der Waals surface area (Å²) >= 11 is 0.